The van der Waals surface area contributed by atoms with E-state index in [1.54, 1.807) is 0 Å². The number of benzene rings is 9. The first-order chi connectivity index (χ1) is 26.3. The van der Waals surface area contributed by atoms with E-state index < -0.39 is 0 Å². The maximum atomic E-state index is 6.59. The van der Waals surface area contributed by atoms with Crippen molar-refractivity contribution in [2.75, 3.05) is 4.90 Å². The van der Waals surface area contributed by atoms with E-state index in [9.17, 15) is 0 Å². The Labute approximate surface area is 305 Å². The SMILES string of the molecule is c1ccc2cc3c(cc2c1)oc1c(-c2ccc(N(c4ccc(-c5cccc6ccccc56)cc4)c4cccc5c4oc4ccccc45)cc2)cccc13. The average Bonchev–Trinajstić information content (AvgIpc) is 3.79. The Morgan fingerprint density at radius 3 is 1.62 bits per heavy atom. The van der Waals surface area contributed by atoms with Gasteiger partial charge in [0.1, 0.15) is 16.7 Å². The standard InChI is InChI=1S/C50H31NO2/c1-2-12-36-31-48-45(30-35(36)11-1)44-18-8-17-41(49(44)53-48)34-24-28-38(29-25-34)51(46-20-9-19-43-42-15-5-6-21-47(42)52-50(43)46)37-26-22-33(23-27-37)40-16-7-13-32-10-3-4-14-39(32)40/h1-31H. The van der Waals surface area contributed by atoms with Crippen LogP contribution in [0, 0.1) is 0 Å². The fourth-order valence-corrected chi connectivity index (χ4v) is 8.10. The predicted octanol–water partition coefficient (Wildman–Crippen LogP) is 14.6. The number of fused-ring (bicyclic) bond motifs is 8. The van der Waals surface area contributed by atoms with Crippen molar-refractivity contribution >= 4 is 82.5 Å². The molecule has 3 heteroatoms. The lowest BCUT2D eigenvalue weighted by molar-refractivity contribution is 0.669. The van der Waals surface area contributed by atoms with Crippen molar-refractivity contribution in [3.05, 3.63) is 188 Å². The zero-order valence-corrected chi connectivity index (χ0v) is 28.7. The van der Waals surface area contributed by atoms with Crippen LogP contribution >= 0.6 is 0 Å². The van der Waals surface area contributed by atoms with E-state index in [2.05, 4.69) is 181 Å². The Kier molecular flexibility index (Phi) is 6.55. The van der Waals surface area contributed by atoms with E-state index in [4.69, 9.17) is 8.83 Å². The summed E-state index contributed by atoms with van der Waals surface area (Å²) < 4.78 is 13.2. The first-order valence-electron chi connectivity index (χ1n) is 18.0. The highest BCUT2D eigenvalue weighted by atomic mass is 16.3. The number of nitrogens with zero attached hydrogens (tertiary/aromatic N) is 1. The van der Waals surface area contributed by atoms with Gasteiger partial charge in [-0.25, -0.2) is 0 Å². The monoisotopic (exact) mass is 677 g/mol. The summed E-state index contributed by atoms with van der Waals surface area (Å²) in [5.74, 6) is 0. The van der Waals surface area contributed by atoms with Gasteiger partial charge in [-0.15, -0.1) is 0 Å². The molecule has 0 saturated carbocycles. The van der Waals surface area contributed by atoms with Crippen molar-refractivity contribution in [3.63, 3.8) is 0 Å². The fourth-order valence-electron chi connectivity index (χ4n) is 8.10. The summed E-state index contributed by atoms with van der Waals surface area (Å²) in [5, 5.41) is 9.33. The molecular formula is C50H31NO2. The second kappa shape index (κ2) is 11.7. The predicted molar refractivity (Wildman–Crippen MR) is 222 cm³/mol. The Bertz CT molecular complexity index is 3160. The van der Waals surface area contributed by atoms with E-state index in [-0.39, 0.29) is 0 Å². The molecule has 0 atom stereocenters. The third-order valence-electron chi connectivity index (χ3n) is 10.7. The molecule has 2 aromatic heterocycles. The fraction of sp³-hybridized carbons (Fsp3) is 0. The number of hydrogen-bond donors (Lipinski definition) is 0. The molecule has 248 valence electrons. The Morgan fingerprint density at radius 1 is 0.321 bits per heavy atom. The summed E-state index contributed by atoms with van der Waals surface area (Å²) in [6.45, 7) is 0. The molecule has 0 radical (unpaired) electrons. The molecule has 0 unspecified atom stereocenters. The zero-order valence-electron chi connectivity index (χ0n) is 28.7. The second-order valence-corrected chi connectivity index (χ2v) is 13.7. The Balaban J connectivity index is 1.05. The van der Waals surface area contributed by atoms with Crippen molar-refractivity contribution in [1.82, 2.24) is 0 Å². The van der Waals surface area contributed by atoms with Crippen LogP contribution in [0.2, 0.25) is 0 Å². The molecular weight excluding hydrogens is 647 g/mol. The van der Waals surface area contributed by atoms with Crippen LogP contribution in [-0.2, 0) is 0 Å². The molecule has 0 spiro atoms. The number of hydrogen-bond acceptors (Lipinski definition) is 3. The average molecular weight is 678 g/mol. The van der Waals surface area contributed by atoms with Gasteiger partial charge in [-0.2, -0.15) is 0 Å². The minimum absolute atomic E-state index is 0.857. The van der Waals surface area contributed by atoms with Crippen LogP contribution in [0.5, 0.6) is 0 Å². The summed E-state index contributed by atoms with van der Waals surface area (Å²) in [4.78, 5) is 2.30. The van der Waals surface area contributed by atoms with Crippen LogP contribution in [0.3, 0.4) is 0 Å². The largest absolute Gasteiger partial charge is 0.455 e. The van der Waals surface area contributed by atoms with Crippen molar-refractivity contribution in [2.45, 2.75) is 0 Å². The lowest BCUT2D eigenvalue weighted by Crippen LogP contribution is -2.10. The van der Waals surface area contributed by atoms with Gasteiger partial charge in [0.15, 0.2) is 5.58 Å². The highest BCUT2D eigenvalue weighted by molar-refractivity contribution is 6.14. The zero-order chi connectivity index (χ0) is 34.9. The minimum atomic E-state index is 0.857. The van der Waals surface area contributed by atoms with Crippen molar-refractivity contribution in [2.24, 2.45) is 0 Å². The van der Waals surface area contributed by atoms with Gasteiger partial charge in [-0.05, 0) is 86.8 Å². The van der Waals surface area contributed by atoms with Crippen LogP contribution in [-0.4, -0.2) is 0 Å². The number of para-hydroxylation sites is 3. The Hall–Kier alpha value is -7.10. The molecule has 53 heavy (non-hydrogen) atoms. The first kappa shape index (κ1) is 29.6. The molecule has 0 N–H and O–H groups in total. The van der Waals surface area contributed by atoms with Crippen LogP contribution < -0.4 is 4.90 Å². The molecule has 11 rings (SSSR count). The molecule has 0 aliphatic rings. The van der Waals surface area contributed by atoms with Gasteiger partial charge < -0.3 is 13.7 Å². The summed E-state index contributed by atoms with van der Waals surface area (Å²) >= 11 is 0. The smallest absolute Gasteiger partial charge is 0.159 e. The van der Waals surface area contributed by atoms with Crippen LogP contribution in [0.25, 0.3) is 87.7 Å². The Morgan fingerprint density at radius 2 is 0.849 bits per heavy atom. The maximum absolute atomic E-state index is 6.59. The van der Waals surface area contributed by atoms with Gasteiger partial charge >= 0.3 is 0 Å². The number of furan rings is 2. The van der Waals surface area contributed by atoms with Crippen molar-refractivity contribution in [3.8, 4) is 22.3 Å². The molecule has 0 bridgehead atoms. The van der Waals surface area contributed by atoms with E-state index in [1.807, 2.05) is 12.1 Å². The first-order valence-corrected chi connectivity index (χ1v) is 18.0. The van der Waals surface area contributed by atoms with Gasteiger partial charge in [0, 0.05) is 38.5 Å². The molecule has 0 aliphatic carbocycles. The highest BCUT2D eigenvalue weighted by Crippen LogP contribution is 2.44. The molecule has 9 aromatic carbocycles. The second-order valence-electron chi connectivity index (χ2n) is 13.7. The van der Waals surface area contributed by atoms with Crippen LogP contribution in [0.4, 0.5) is 17.1 Å². The minimum Gasteiger partial charge on any atom is -0.455 e. The molecule has 0 amide bonds. The normalized spacial score (nSPS) is 11.8. The quantitative estimate of drug-likeness (QED) is 0.182. The van der Waals surface area contributed by atoms with Gasteiger partial charge in [-0.3, -0.25) is 0 Å². The van der Waals surface area contributed by atoms with Gasteiger partial charge in [0.05, 0.1) is 5.69 Å². The van der Waals surface area contributed by atoms with Gasteiger partial charge in [-0.1, -0.05) is 140 Å². The molecule has 0 fully saturated rings. The maximum Gasteiger partial charge on any atom is 0.159 e. The number of anilines is 3. The highest BCUT2D eigenvalue weighted by Gasteiger charge is 2.20. The summed E-state index contributed by atoms with van der Waals surface area (Å²) in [6, 6.07) is 66.7. The van der Waals surface area contributed by atoms with Gasteiger partial charge in [0.25, 0.3) is 0 Å². The van der Waals surface area contributed by atoms with E-state index in [0.717, 1.165) is 72.1 Å². The van der Waals surface area contributed by atoms with Crippen LogP contribution in [0.15, 0.2) is 197 Å². The molecule has 11 aromatic rings. The van der Waals surface area contributed by atoms with Crippen molar-refractivity contribution in [1.29, 1.82) is 0 Å². The summed E-state index contributed by atoms with van der Waals surface area (Å²) in [5.41, 5.74) is 11.2. The van der Waals surface area contributed by atoms with Crippen LogP contribution in [0.1, 0.15) is 0 Å². The summed E-state index contributed by atoms with van der Waals surface area (Å²) in [7, 11) is 0. The van der Waals surface area contributed by atoms with E-state index in [0.29, 0.717) is 0 Å². The molecule has 2 heterocycles. The lowest BCUT2D eigenvalue weighted by Gasteiger charge is -2.26. The van der Waals surface area contributed by atoms with E-state index >= 15 is 0 Å². The summed E-state index contributed by atoms with van der Waals surface area (Å²) in [6.07, 6.45) is 0. The molecule has 0 aliphatic heterocycles. The topological polar surface area (TPSA) is 29.5 Å². The van der Waals surface area contributed by atoms with E-state index in [1.165, 1.54) is 32.7 Å². The number of rotatable bonds is 5. The molecule has 3 nitrogen and oxygen atoms in total. The third kappa shape index (κ3) is 4.75. The third-order valence-corrected chi connectivity index (χ3v) is 10.7. The van der Waals surface area contributed by atoms with Crippen molar-refractivity contribution < 1.29 is 8.83 Å². The molecule has 0 saturated heterocycles. The van der Waals surface area contributed by atoms with Gasteiger partial charge in [0.2, 0.25) is 0 Å². The lowest BCUT2D eigenvalue weighted by atomic mass is 9.98.